The molecular formula is C20H34N4O3. The second kappa shape index (κ2) is 10.5. The van der Waals surface area contributed by atoms with Crippen molar-refractivity contribution in [3.63, 3.8) is 0 Å². The van der Waals surface area contributed by atoms with E-state index < -0.39 is 6.04 Å². The van der Waals surface area contributed by atoms with E-state index >= 15 is 0 Å². The summed E-state index contributed by atoms with van der Waals surface area (Å²) in [6.07, 6.45) is 0.206. The smallest absolute Gasteiger partial charge is 0.237 e. The molecule has 2 rings (SSSR count). The van der Waals surface area contributed by atoms with Gasteiger partial charge in [-0.15, -0.1) is 0 Å². The van der Waals surface area contributed by atoms with Gasteiger partial charge in [-0.1, -0.05) is 13.8 Å². The third-order valence-corrected chi connectivity index (χ3v) is 5.28. The van der Waals surface area contributed by atoms with E-state index in [4.69, 9.17) is 4.42 Å². The van der Waals surface area contributed by atoms with Crippen LogP contribution in [0.25, 0.3) is 0 Å². The Bertz CT molecular complexity index is 612. The molecule has 0 aromatic carbocycles. The molecule has 1 unspecified atom stereocenters. The van der Waals surface area contributed by atoms with Crippen LogP contribution in [0, 0.1) is 6.92 Å². The molecule has 1 aromatic rings. The molecule has 0 saturated carbocycles. The summed E-state index contributed by atoms with van der Waals surface area (Å²) in [5, 5.41) is 2.89. The van der Waals surface area contributed by atoms with Crippen LogP contribution in [0.2, 0.25) is 0 Å². The van der Waals surface area contributed by atoms with Crippen LogP contribution in [0.1, 0.15) is 38.7 Å². The zero-order valence-corrected chi connectivity index (χ0v) is 17.2. The zero-order chi connectivity index (χ0) is 19.8. The lowest BCUT2D eigenvalue weighted by Crippen LogP contribution is -2.56. The molecule has 1 saturated heterocycles. The van der Waals surface area contributed by atoms with E-state index in [1.54, 1.807) is 0 Å². The Morgan fingerprint density at radius 3 is 2.56 bits per heavy atom. The molecule has 0 spiro atoms. The molecule has 2 amide bonds. The van der Waals surface area contributed by atoms with Crippen molar-refractivity contribution >= 4 is 11.8 Å². The number of rotatable bonds is 10. The van der Waals surface area contributed by atoms with Gasteiger partial charge < -0.3 is 19.5 Å². The first kappa shape index (κ1) is 21.4. The maximum absolute atomic E-state index is 12.9. The molecule has 1 N–H and O–H groups in total. The van der Waals surface area contributed by atoms with E-state index in [0.29, 0.717) is 26.2 Å². The molecule has 1 aromatic heterocycles. The van der Waals surface area contributed by atoms with Crippen molar-refractivity contribution in [2.45, 2.75) is 46.7 Å². The van der Waals surface area contributed by atoms with Crippen LogP contribution in [0.5, 0.6) is 0 Å². The fourth-order valence-electron chi connectivity index (χ4n) is 3.50. The number of likely N-dealkylation sites (N-methyl/N-ethyl adjacent to an activating group) is 2. The highest BCUT2D eigenvalue weighted by molar-refractivity contribution is 5.88. The average molecular weight is 379 g/mol. The first-order chi connectivity index (χ1) is 13.0. The molecule has 7 heteroatoms. The van der Waals surface area contributed by atoms with Crippen LogP contribution < -0.4 is 5.32 Å². The summed E-state index contributed by atoms with van der Waals surface area (Å²) in [7, 11) is 0. The fraction of sp³-hybridized carbons (Fsp3) is 0.700. The lowest BCUT2D eigenvalue weighted by atomic mass is 10.1. The molecule has 2 heterocycles. The summed E-state index contributed by atoms with van der Waals surface area (Å²) in [6, 6.07) is 3.41. The van der Waals surface area contributed by atoms with Crippen molar-refractivity contribution in [1.29, 1.82) is 0 Å². The Kier molecular flexibility index (Phi) is 8.31. The van der Waals surface area contributed by atoms with Gasteiger partial charge in [0.15, 0.2) is 0 Å². The zero-order valence-electron chi connectivity index (χ0n) is 17.2. The van der Waals surface area contributed by atoms with Gasteiger partial charge in [-0.25, -0.2) is 0 Å². The monoisotopic (exact) mass is 378 g/mol. The van der Waals surface area contributed by atoms with Crippen LogP contribution >= 0.6 is 0 Å². The standard InChI is InChI=1S/C20H34N4O3/c1-5-22(6-2)12-13-23(7-3)19(25)14-18-20(26)21-10-11-24(18)15-17-9-8-16(4)27-17/h8-9,18H,5-7,10-15H2,1-4H3,(H,21,26). The highest BCUT2D eigenvalue weighted by atomic mass is 16.3. The highest BCUT2D eigenvalue weighted by Crippen LogP contribution is 2.16. The predicted octanol–water partition coefficient (Wildman–Crippen LogP) is 1.47. The van der Waals surface area contributed by atoms with Gasteiger partial charge in [-0.3, -0.25) is 14.5 Å². The highest BCUT2D eigenvalue weighted by Gasteiger charge is 2.33. The average Bonchev–Trinajstić information content (AvgIpc) is 3.06. The summed E-state index contributed by atoms with van der Waals surface area (Å²) in [5.41, 5.74) is 0. The van der Waals surface area contributed by atoms with Crippen molar-refractivity contribution in [1.82, 2.24) is 20.0 Å². The Morgan fingerprint density at radius 1 is 1.22 bits per heavy atom. The van der Waals surface area contributed by atoms with Crippen LogP contribution in [-0.2, 0) is 16.1 Å². The quantitative estimate of drug-likeness (QED) is 0.668. The molecule has 0 aliphatic carbocycles. The van der Waals surface area contributed by atoms with Crippen molar-refractivity contribution in [3.05, 3.63) is 23.7 Å². The number of nitrogens with one attached hydrogen (secondary N) is 1. The number of furan rings is 1. The Morgan fingerprint density at radius 2 is 1.96 bits per heavy atom. The van der Waals surface area contributed by atoms with Gasteiger partial charge in [0.25, 0.3) is 0 Å². The minimum Gasteiger partial charge on any atom is -0.465 e. The summed E-state index contributed by atoms with van der Waals surface area (Å²) >= 11 is 0. The van der Waals surface area contributed by atoms with E-state index in [0.717, 1.165) is 37.7 Å². The van der Waals surface area contributed by atoms with Crippen LogP contribution in [0.3, 0.4) is 0 Å². The largest absolute Gasteiger partial charge is 0.465 e. The molecule has 27 heavy (non-hydrogen) atoms. The number of hydrogen-bond donors (Lipinski definition) is 1. The van der Waals surface area contributed by atoms with Crippen LogP contribution in [0.15, 0.2) is 16.5 Å². The number of piperazine rings is 1. The number of amides is 2. The third kappa shape index (κ3) is 6.07. The molecule has 1 aliphatic heterocycles. The molecule has 1 aliphatic rings. The Labute approximate surface area is 162 Å². The normalized spacial score (nSPS) is 18.0. The number of aryl methyl sites for hydroxylation is 1. The molecule has 1 fully saturated rings. The summed E-state index contributed by atoms with van der Waals surface area (Å²) in [5.74, 6) is 1.64. The molecule has 152 valence electrons. The number of carbonyl (C=O) groups is 2. The van der Waals surface area contributed by atoms with Gasteiger partial charge in [0.05, 0.1) is 19.0 Å². The molecule has 0 radical (unpaired) electrons. The minimum absolute atomic E-state index is 0.0346. The topological polar surface area (TPSA) is 69.0 Å². The third-order valence-electron chi connectivity index (χ3n) is 5.28. The van der Waals surface area contributed by atoms with Gasteiger partial charge in [-0.2, -0.15) is 0 Å². The minimum atomic E-state index is -0.445. The maximum atomic E-state index is 12.9. The lowest BCUT2D eigenvalue weighted by molar-refractivity contribution is -0.139. The SMILES string of the molecule is CCN(CC)CCN(CC)C(=O)CC1C(=O)NCCN1Cc1ccc(C)o1. The van der Waals surface area contributed by atoms with E-state index in [-0.39, 0.29) is 18.2 Å². The van der Waals surface area contributed by atoms with E-state index in [2.05, 4.69) is 24.1 Å². The van der Waals surface area contributed by atoms with E-state index in [9.17, 15) is 9.59 Å². The fourth-order valence-corrected chi connectivity index (χ4v) is 3.50. The van der Waals surface area contributed by atoms with Gasteiger partial charge in [-0.05, 0) is 39.1 Å². The van der Waals surface area contributed by atoms with Gasteiger partial charge >= 0.3 is 0 Å². The summed E-state index contributed by atoms with van der Waals surface area (Å²) in [6.45, 7) is 14.2. The Hall–Kier alpha value is -1.86. The lowest BCUT2D eigenvalue weighted by Gasteiger charge is -2.35. The maximum Gasteiger partial charge on any atom is 0.237 e. The predicted molar refractivity (Wildman–Crippen MR) is 105 cm³/mol. The summed E-state index contributed by atoms with van der Waals surface area (Å²) < 4.78 is 5.66. The van der Waals surface area contributed by atoms with E-state index in [1.165, 1.54) is 0 Å². The first-order valence-corrected chi connectivity index (χ1v) is 10.1. The molecule has 7 nitrogen and oxygen atoms in total. The van der Waals surface area contributed by atoms with Gasteiger partial charge in [0.1, 0.15) is 11.5 Å². The molecule has 1 atom stereocenters. The van der Waals surface area contributed by atoms with Gasteiger partial charge in [0, 0.05) is 32.7 Å². The van der Waals surface area contributed by atoms with Crippen molar-refractivity contribution < 1.29 is 14.0 Å². The second-order valence-corrected chi connectivity index (χ2v) is 6.99. The van der Waals surface area contributed by atoms with Crippen molar-refractivity contribution in [3.8, 4) is 0 Å². The van der Waals surface area contributed by atoms with Crippen LogP contribution in [-0.4, -0.2) is 78.4 Å². The summed E-state index contributed by atoms with van der Waals surface area (Å²) in [4.78, 5) is 31.5. The number of hydrogen-bond acceptors (Lipinski definition) is 5. The van der Waals surface area contributed by atoms with Crippen LogP contribution in [0.4, 0.5) is 0 Å². The second-order valence-electron chi connectivity index (χ2n) is 6.99. The Balaban J connectivity index is 1.98. The van der Waals surface area contributed by atoms with Crippen molar-refractivity contribution in [2.24, 2.45) is 0 Å². The molecule has 0 bridgehead atoms. The van der Waals surface area contributed by atoms with Crippen molar-refractivity contribution in [2.75, 3.05) is 45.8 Å². The van der Waals surface area contributed by atoms with E-state index in [1.807, 2.05) is 35.8 Å². The molecular weight excluding hydrogens is 344 g/mol. The number of nitrogens with zero attached hydrogens (tertiary/aromatic N) is 3. The number of carbonyl (C=O) groups excluding carboxylic acids is 2. The first-order valence-electron chi connectivity index (χ1n) is 10.1. The van der Waals surface area contributed by atoms with Gasteiger partial charge in [0.2, 0.25) is 11.8 Å².